The van der Waals surface area contributed by atoms with Crippen LogP contribution >= 0.6 is 11.3 Å². The zero-order chi connectivity index (χ0) is 21.7. The van der Waals surface area contributed by atoms with Crippen molar-refractivity contribution >= 4 is 21.4 Å². The highest BCUT2D eigenvalue weighted by molar-refractivity contribution is 7.22. The number of fused-ring (bicyclic) bond motifs is 5. The number of rotatable bonds is 5. The average molecular weight is 444 g/mol. The minimum Gasteiger partial charge on any atom is -0.508 e. The van der Waals surface area contributed by atoms with E-state index < -0.39 is 5.60 Å². The molecule has 0 saturated carbocycles. The summed E-state index contributed by atoms with van der Waals surface area (Å²) in [5.74, 6) is 1.06. The minimum atomic E-state index is -1.24. The van der Waals surface area contributed by atoms with Gasteiger partial charge in [-0.15, -0.1) is 11.3 Å². The van der Waals surface area contributed by atoms with Gasteiger partial charge in [0.05, 0.1) is 0 Å². The summed E-state index contributed by atoms with van der Waals surface area (Å²) in [7, 11) is 0. The van der Waals surface area contributed by atoms with Gasteiger partial charge in [-0.3, -0.25) is 4.90 Å². The van der Waals surface area contributed by atoms with Crippen molar-refractivity contribution in [1.82, 2.24) is 4.90 Å². The predicted molar refractivity (Wildman–Crippen MR) is 129 cm³/mol. The lowest BCUT2D eigenvalue weighted by molar-refractivity contribution is 0.132. The van der Waals surface area contributed by atoms with Gasteiger partial charge in [0.25, 0.3) is 0 Å². The van der Waals surface area contributed by atoms with Gasteiger partial charge in [-0.2, -0.15) is 0 Å². The third-order valence-corrected chi connectivity index (χ3v) is 7.93. The van der Waals surface area contributed by atoms with Gasteiger partial charge in [-0.1, -0.05) is 36.4 Å². The third-order valence-electron chi connectivity index (χ3n) is 6.74. The first kappa shape index (κ1) is 19.8. The summed E-state index contributed by atoms with van der Waals surface area (Å²) < 4.78 is 6.95. The topological polar surface area (TPSA) is 52.9 Å². The summed E-state index contributed by atoms with van der Waals surface area (Å²) >= 11 is 1.62. The van der Waals surface area contributed by atoms with Gasteiger partial charge in [-0.25, -0.2) is 0 Å². The Kier molecular flexibility index (Phi) is 4.72. The van der Waals surface area contributed by atoms with Crippen LogP contribution in [-0.4, -0.2) is 41.4 Å². The third kappa shape index (κ3) is 3.04. The fraction of sp³-hybridized carbons (Fsp3) is 0.259. The summed E-state index contributed by atoms with van der Waals surface area (Å²) in [6, 6.07) is 21.3. The van der Waals surface area contributed by atoms with E-state index in [1.165, 1.54) is 25.9 Å². The van der Waals surface area contributed by atoms with Gasteiger partial charge in [0, 0.05) is 32.6 Å². The van der Waals surface area contributed by atoms with E-state index in [-0.39, 0.29) is 5.75 Å². The Hall–Kier alpha value is -2.86. The number of phenols is 1. The maximum absolute atomic E-state index is 12.2. The van der Waals surface area contributed by atoms with E-state index in [2.05, 4.69) is 11.0 Å². The summed E-state index contributed by atoms with van der Waals surface area (Å²) in [5.41, 5.74) is 2.44. The number of hydrogen-bond acceptors (Lipinski definition) is 5. The molecule has 1 aromatic heterocycles. The van der Waals surface area contributed by atoms with E-state index >= 15 is 0 Å². The van der Waals surface area contributed by atoms with Gasteiger partial charge >= 0.3 is 0 Å². The van der Waals surface area contributed by atoms with Crippen LogP contribution in [-0.2, 0) is 5.60 Å². The first-order valence-electron chi connectivity index (χ1n) is 11.2. The van der Waals surface area contributed by atoms with Crippen LogP contribution in [0.3, 0.4) is 0 Å². The molecule has 32 heavy (non-hydrogen) atoms. The monoisotopic (exact) mass is 443 g/mol. The number of nitrogens with zero attached hydrogens (tertiary/aromatic N) is 1. The molecule has 2 aliphatic rings. The highest BCUT2D eigenvalue weighted by Crippen LogP contribution is 2.57. The zero-order valence-corrected chi connectivity index (χ0v) is 18.6. The van der Waals surface area contributed by atoms with Crippen LogP contribution in [0.5, 0.6) is 11.5 Å². The van der Waals surface area contributed by atoms with Crippen molar-refractivity contribution in [3.63, 3.8) is 0 Å². The smallest absolute Gasteiger partial charge is 0.143 e. The summed E-state index contributed by atoms with van der Waals surface area (Å²) in [4.78, 5) is 3.50. The standard InChI is InChI=1S/C27H25NO3S/c29-19-9-12-22-24(17-19)32-26-21-5-1-2-6-23(21)27(30,25(22)26)18-7-10-20(11-8-18)31-16-15-28-13-3-4-14-28/h1-2,5-12,17,29-30H,3-4,13-16H2. The normalized spacial score (nSPS) is 19.9. The Morgan fingerprint density at radius 2 is 1.75 bits per heavy atom. The fourth-order valence-electron chi connectivity index (χ4n) is 5.16. The highest BCUT2D eigenvalue weighted by atomic mass is 32.1. The number of benzene rings is 3. The molecule has 0 amide bonds. The number of hydrogen-bond donors (Lipinski definition) is 2. The summed E-state index contributed by atoms with van der Waals surface area (Å²) in [6.45, 7) is 3.97. The van der Waals surface area contributed by atoms with E-state index in [9.17, 15) is 10.2 Å². The number of likely N-dealkylation sites (tertiary alicyclic amines) is 1. The van der Waals surface area contributed by atoms with Crippen LogP contribution in [0, 0.1) is 0 Å². The van der Waals surface area contributed by atoms with Crippen LogP contribution in [0.15, 0.2) is 66.7 Å². The van der Waals surface area contributed by atoms with E-state index in [4.69, 9.17) is 4.74 Å². The Bertz CT molecular complexity index is 1290. The Balaban J connectivity index is 1.37. The second-order valence-electron chi connectivity index (χ2n) is 8.66. The molecule has 1 saturated heterocycles. The molecule has 1 aliphatic carbocycles. The van der Waals surface area contributed by atoms with Crippen LogP contribution in [0.4, 0.5) is 0 Å². The molecule has 162 valence electrons. The van der Waals surface area contributed by atoms with Crippen LogP contribution in [0.1, 0.15) is 29.5 Å². The highest BCUT2D eigenvalue weighted by Gasteiger charge is 2.45. The van der Waals surface area contributed by atoms with Gasteiger partial charge in [0.1, 0.15) is 23.7 Å². The maximum Gasteiger partial charge on any atom is 0.143 e. The molecule has 4 nitrogen and oxygen atoms in total. The number of aromatic hydroxyl groups is 1. The fourth-order valence-corrected chi connectivity index (χ4v) is 6.48. The molecule has 2 heterocycles. The Labute approximate surface area is 191 Å². The van der Waals surface area contributed by atoms with Crippen molar-refractivity contribution in [2.24, 2.45) is 0 Å². The second-order valence-corrected chi connectivity index (χ2v) is 9.72. The van der Waals surface area contributed by atoms with Gasteiger partial charge in [-0.05, 0) is 67.4 Å². The predicted octanol–water partition coefficient (Wildman–Crippen LogP) is 5.35. The van der Waals surface area contributed by atoms with E-state index in [1.807, 2.05) is 48.5 Å². The molecule has 3 aromatic carbocycles. The second kappa shape index (κ2) is 7.62. The Morgan fingerprint density at radius 1 is 0.969 bits per heavy atom. The van der Waals surface area contributed by atoms with Crippen molar-refractivity contribution in [3.05, 3.63) is 83.4 Å². The van der Waals surface area contributed by atoms with Crippen LogP contribution in [0.2, 0.25) is 0 Å². The molecular weight excluding hydrogens is 418 g/mol. The van der Waals surface area contributed by atoms with E-state index in [1.54, 1.807) is 23.5 Å². The summed E-state index contributed by atoms with van der Waals surface area (Å²) in [5, 5.41) is 23.2. The molecule has 1 unspecified atom stereocenters. The average Bonchev–Trinajstić information content (AvgIpc) is 3.51. The molecule has 0 bridgehead atoms. The van der Waals surface area contributed by atoms with E-state index in [0.29, 0.717) is 6.61 Å². The van der Waals surface area contributed by atoms with Gasteiger partial charge in [0.2, 0.25) is 0 Å². The molecule has 1 atom stereocenters. The van der Waals surface area contributed by atoms with Crippen molar-refractivity contribution in [1.29, 1.82) is 0 Å². The number of aliphatic hydroxyl groups is 1. The van der Waals surface area contributed by atoms with Crippen molar-refractivity contribution in [3.8, 4) is 21.9 Å². The number of thiophene rings is 1. The SMILES string of the molecule is Oc1ccc2c3c(sc2c1)-c1ccccc1C3(O)c1ccc(OCCN2CCCC2)cc1. The van der Waals surface area contributed by atoms with Crippen molar-refractivity contribution in [2.45, 2.75) is 18.4 Å². The van der Waals surface area contributed by atoms with E-state index in [0.717, 1.165) is 49.5 Å². The van der Waals surface area contributed by atoms with Crippen molar-refractivity contribution in [2.75, 3.05) is 26.2 Å². The largest absolute Gasteiger partial charge is 0.508 e. The molecule has 0 radical (unpaired) electrons. The zero-order valence-electron chi connectivity index (χ0n) is 17.8. The molecule has 2 N–H and O–H groups in total. The summed E-state index contributed by atoms with van der Waals surface area (Å²) in [6.07, 6.45) is 2.57. The quantitative estimate of drug-likeness (QED) is 0.437. The van der Waals surface area contributed by atoms with Gasteiger partial charge < -0.3 is 14.9 Å². The molecule has 5 heteroatoms. The minimum absolute atomic E-state index is 0.240. The Morgan fingerprint density at radius 3 is 2.56 bits per heavy atom. The van der Waals surface area contributed by atoms with Crippen molar-refractivity contribution < 1.29 is 14.9 Å². The number of phenolic OH excluding ortho intramolecular Hbond substituents is 1. The lowest BCUT2D eigenvalue weighted by Gasteiger charge is -2.27. The van der Waals surface area contributed by atoms with Gasteiger partial charge in [0.15, 0.2) is 0 Å². The first-order chi connectivity index (χ1) is 15.6. The maximum atomic E-state index is 12.2. The number of ether oxygens (including phenoxy) is 1. The molecule has 1 aliphatic heterocycles. The molecule has 0 spiro atoms. The lowest BCUT2D eigenvalue weighted by Crippen LogP contribution is -2.26. The lowest BCUT2D eigenvalue weighted by atomic mass is 9.83. The molecular formula is C27H25NO3S. The van der Waals surface area contributed by atoms with Crippen LogP contribution < -0.4 is 4.74 Å². The molecule has 6 rings (SSSR count). The van der Waals surface area contributed by atoms with Crippen LogP contribution in [0.25, 0.3) is 20.5 Å². The molecule has 4 aromatic rings. The first-order valence-corrected chi connectivity index (χ1v) is 12.0. The molecule has 1 fully saturated rings.